The van der Waals surface area contributed by atoms with Gasteiger partial charge in [0.25, 0.3) is 0 Å². The predicted octanol–water partition coefficient (Wildman–Crippen LogP) is 2.41. The van der Waals surface area contributed by atoms with E-state index >= 15 is 0 Å². The molecule has 1 aliphatic heterocycles. The van der Waals surface area contributed by atoms with Crippen molar-refractivity contribution in [2.24, 2.45) is 0 Å². The molecule has 1 heterocycles. The maximum absolute atomic E-state index is 13.7. The highest BCUT2D eigenvalue weighted by molar-refractivity contribution is 5.51. The molecule has 0 spiro atoms. The van der Waals surface area contributed by atoms with Crippen LogP contribution < -0.4 is 15.0 Å². The van der Waals surface area contributed by atoms with Crippen LogP contribution in [0.5, 0.6) is 5.75 Å². The Morgan fingerprint density at radius 1 is 1.50 bits per heavy atom. The van der Waals surface area contributed by atoms with Crippen LogP contribution in [0.3, 0.4) is 0 Å². The molecule has 1 fully saturated rings. The Labute approximate surface area is 108 Å². The zero-order valence-corrected chi connectivity index (χ0v) is 11.2. The third-order valence-corrected chi connectivity index (χ3v) is 3.61. The summed E-state index contributed by atoms with van der Waals surface area (Å²) in [5, 5.41) is 3.50. The highest BCUT2D eigenvalue weighted by atomic mass is 19.1. The van der Waals surface area contributed by atoms with Crippen molar-refractivity contribution in [2.45, 2.75) is 32.4 Å². The van der Waals surface area contributed by atoms with Gasteiger partial charge in [0.1, 0.15) is 0 Å². The van der Waals surface area contributed by atoms with Gasteiger partial charge >= 0.3 is 0 Å². The smallest absolute Gasteiger partial charge is 0.167 e. The van der Waals surface area contributed by atoms with Gasteiger partial charge in [-0.05, 0) is 25.5 Å². The van der Waals surface area contributed by atoms with Crippen molar-refractivity contribution in [3.8, 4) is 5.75 Å². The average molecular weight is 252 g/mol. The van der Waals surface area contributed by atoms with Crippen LogP contribution >= 0.6 is 0 Å². The first-order chi connectivity index (χ1) is 8.65. The monoisotopic (exact) mass is 252 g/mol. The number of methoxy groups -OCH3 is 1. The summed E-state index contributed by atoms with van der Waals surface area (Å²) >= 11 is 0. The maximum atomic E-state index is 13.7. The largest absolute Gasteiger partial charge is 0.494 e. The maximum Gasteiger partial charge on any atom is 0.167 e. The summed E-state index contributed by atoms with van der Waals surface area (Å²) in [6, 6.07) is 6.04. The summed E-state index contributed by atoms with van der Waals surface area (Å²) in [6.07, 6.45) is 1.09. The topological polar surface area (TPSA) is 24.5 Å². The molecule has 4 heteroatoms. The number of anilines is 1. The van der Waals surface area contributed by atoms with Crippen LogP contribution in [-0.2, 0) is 0 Å². The van der Waals surface area contributed by atoms with E-state index in [9.17, 15) is 4.39 Å². The minimum absolute atomic E-state index is 0.297. The number of rotatable bonds is 3. The van der Waals surface area contributed by atoms with Gasteiger partial charge in [-0.15, -0.1) is 0 Å². The molecule has 18 heavy (non-hydrogen) atoms. The Hall–Kier alpha value is -1.29. The molecule has 2 unspecified atom stereocenters. The first kappa shape index (κ1) is 13.1. The van der Waals surface area contributed by atoms with Crippen LogP contribution in [0.4, 0.5) is 10.1 Å². The normalized spacial score (nSPS) is 24.1. The van der Waals surface area contributed by atoms with E-state index in [4.69, 9.17) is 4.74 Å². The van der Waals surface area contributed by atoms with Gasteiger partial charge in [-0.3, -0.25) is 0 Å². The molecule has 0 radical (unpaired) electrons. The number of nitrogens with zero attached hydrogens (tertiary/aromatic N) is 1. The molecule has 3 nitrogen and oxygen atoms in total. The fraction of sp³-hybridized carbons (Fsp3) is 0.571. The molecular formula is C14H21FN2O. The lowest BCUT2D eigenvalue weighted by atomic mass is 10.1. The van der Waals surface area contributed by atoms with E-state index in [2.05, 4.69) is 24.1 Å². The second-order valence-electron chi connectivity index (χ2n) is 4.83. The fourth-order valence-corrected chi connectivity index (χ4v) is 2.40. The summed E-state index contributed by atoms with van der Waals surface area (Å²) in [5.74, 6) is 0.00219. The average Bonchev–Trinajstić information content (AvgIpc) is 2.39. The van der Waals surface area contributed by atoms with Gasteiger partial charge in [-0.1, -0.05) is 6.92 Å². The third-order valence-electron chi connectivity index (χ3n) is 3.61. The minimum Gasteiger partial charge on any atom is -0.494 e. The Balaban J connectivity index is 2.21. The van der Waals surface area contributed by atoms with Crippen molar-refractivity contribution in [3.05, 3.63) is 24.0 Å². The van der Waals surface area contributed by atoms with E-state index in [1.54, 1.807) is 12.1 Å². The second kappa shape index (κ2) is 5.57. The number of halogens is 1. The molecule has 1 saturated heterocycles. The summed E-state index contributed by atoms with van der Waals surface area (Å²) in [7, 11) is 1.48. The van der Waals surface area contributed by atoms with Crippen molar-refractivity contribution < 1.29 is 9.13 Å². The standard InChI is InChI=1S/C14H21FN2O/c1-4-11-9-17(10(2)8-16-11)12-5-6-14(18-3)13(15)7-12/h5-7,10-11,16H,4,8-9H2,1-3H3. The molecule has 1 N–H and O–H groups in total. The molecule has 1 aromatic rings. The van der Waals surface area contributed by atoms with Crippen LogP contribution in [0.1, 0.15) is 20.3 Å². The number of nitrogens with one attached hydrogen (secondary N) is 1. The number of benzene rings is 1. The van der Waals surface area contributed by atoms with E-state index in [1.807, 2.05) is 6.07 Å². The summed E-state index contributed by atoms with van der Waals surface area (Å²) < 4.78 is 18.7. The summed E-state index contributed by atoms with van der Waals surface area (Å²) in [5.41, 5.74) is 0.931. The Morgan fingerprint density at radius 3 is 2.89 bits per heavy atom. The minimum atomic E-state index is -0.297. The number of hydrogen-bond donors (Lipinski definition) is 1. The molecule has 0 amide bonds. The molecule has 1 aliphatic rings. The van der Waals surface area contributed by atoms with Gasteiger partial charge in [0.05, 0.1) is 7.11 Å². The van der Waals surface area contributed by atoms with Crippen LogP contribution in [0.25, 0.3) is 0 Å². The molecule has 100 valence electrons. The van der Waals surface area contributed by atoms with Crippen LogP contribution in [0.2, 0.25) is 0 Å². The molecule has 0 aromatic heterocycles. The molecule has 2 rings (SSSR count). The molecule has 0 aliphatic carbocycles. The fourth-order valence-electron chi connectivity index (χ4n) is 2.40. The van der Waals surface area contributed by atoms with E-state index in [1.165, 1.54) is 7.11 Å². The summed E-state index contributed by atoms with van der Waals surface area (Å²) in [6.45, 7) is 6.18. The lowest BCUT2D eigenvalue weighted by Gasteiger charge is -2.40. The van der Waals surface area contributed by atoms with Gasteiger partial charge in [0.15, 0.2) is 11.6 Å². The highest BCUT2D eigenvalue weighted by Gasteiger charge is 2.24. The predicted molar refractivity (Wildman–Crippen MR) is 71.8 cm³/mol. The second-order valence-corrected chi connectivity index (χ2v) is 4.83. The quantitative estimate of drug-likeness (QED) is 0.894. The molecule has 2 atom stereocenters. The van der Waals surface area contributed by atoms with Gasteiger partial charge < -0.3 is 15.0 Å². The number of hydrogen-bond acceptors (Lipinski definition) is 3. The Bertz CT molecular complexity index is 411. The zero-order chi connectivity index (χ0) is 13.1. The van der Waals surface area contributed by atoms with Crippen LogP contribution in [-0.4, -0.2) is 32.3 Å². The zero-order valence-electron chi connectivity index (χ0n) is 11.2. The van der Waals surface area contributed by atoms with Crippen molar-refractivity contribution >= 4 is 5.69 Å². The van der Waals surface area contributed by atoms with Crippen molar-refractivity contribution in [1.29, 1.82) is 0 Å². The van der Waals surface area contributed by atoms with Crippen molar-refractivity contribution in [3.63, 3.8) is 0 Å². The van der Waals surface area contributed by atoms with Gasteiger partial charge in [0, 0.05) is 36.9 Å². The third kappa shape index (κ3) is 2.58. The van der Waals surface area contributed by atoms with Gasteiger partial charge in [-0.25, -0.2) is 4.39 Å². The first-order valence-electron chi connectivity index (χ1n) is 6.49. The van der Waals surface area contributed by atoms with E-state index in [0.29, 0.717) is 17.8 Å². The molecule has 1 aromatic carbocycles. The SMILES string of the molecule is CCC1CN(c2ccc(OC)c(F)c2)C(C)CN1. The molecular weight excluding hydrogens is 231 g/mol. The van der Waals surface area contributed by atoms with Crippen LogP contribution in [0.15, 0.2) is 18.2 Å². The molecule has 0 bridgehead atoms. The van der Waals surface area contributed by atoms with E-state index in [-0.39, 0.29) is 5.82 Å². The highest BCUT2D eigenvalue weighted by Crippen LogP contribution is 2.26. The summed E-state index contributed by atoms with van der Waals surface area (Å²) in [4.78, 5) is 2.26. The van der Waals surface area contributed by atoms with E-state index in [0.717, 1.165) is 25.2 Å². The van der Waals surface area contributed by atoms with E-state index < -0.39 is 0 Å². The number of piperazine rings is 1. The number of ether oxygens (including phenoxy) is 1. The molecule has 0 saturated carbocycles. The Kier molecular flexibility index (Phi) is 4.07. The van der Waals surface area contributed by atoms with Crippen molar-refractivity contribution in [1.82, 2.24) is 5.32 Å². The van der Waals surface area contributed by atoms with Crippen molar-refractivity contribution in [2.75, 3.05) is 25.1 Å². The Morgan fingerprint density at radius 2 is 2.28 bits per heavy atom. The van der Waals surface area contributed by atoms with Crippen LogP contribution in [0, 0.1) is 5.82 Å². The lowest BCUT2D eigenvalue weighted by Crippen LogP contribution is -2.55. The van der Waals surface area contributed by atoms with Gasteiger partial charge in [-0.2, -0.15) is 0 Å². The first-order valence-corrected chi connectivity index (χ1v) is 6.49. The van der Waals surface area contributed by atoms with Gasteiger partial charge in [0.2, 0.25) is 0 Å². The lowest BCUT2D eigenvalue weighted by molar-refractivity contribution is 0.383.